The maximum Gasteiger partial charge on any atom is 0.328 e. The molecule has 1 aliphatic rings. The Labute approximate surface area is 165 Å². The number of piperazine rings is 1. The van der Waals surface area contributed by atoms with E-state index in [0.717, 1.165) is 16.3 Å². The van der Waals surface area contributed by atoms with Crippen LogP contribution in [0, 0.1) is 0 Å². The molecule has 6 heteroatoms. The molecule has 150 valence electrons. The molecule has 2 aromatic rings. The van der Waals surface area contributed by atoms with Crippen LogP contribution in [0.15, 0.2) is 42.5 Å². The van der Waals surface area contributed by atoms with Gasteiger partial charge >= 0.3 is 11.9 Å². The fourth-order valence-corrected chi connectivity index (χ4v) is 3.63. The number of nitrogens with one attached hydrogen (secondary N) is 1. The monoisotopic (exact) mass is 384 g/mol. The van der Waals surface area contributed by atoms with E-state index in [1.54, 1.807) is 0 Å². The molecule has 6 nitrogen and oxygen atoms in total. The Balaban J connectivity index is 2.02. The van der Waals surface area contributed by atoms with Crippen molar-refractivity contribution in [2.75, 3.05) is 26.7 Å². The standard InChI is InChI=1S/C22H28N2O4/c1-22(2,3)28-21(26)19(24-13-12-23-18(14-24)20(25)27-4)17-11-7-9-15-8-5-6-10-16(15)17/h5-11,18-19,23H,12-14H2,1-4H3. The van der Waals surface area contributed by atoms with Crippen molar-refractivity contribution in [3.63, 3.8) is 0 Å². The van der Waals surface area contributed by atoms with Gasteiger partial charge in [0.05, 0.1) is 7.11 Å². The predicted octanol–water partition coefficient (Wildman–Crippen LogP) is 2.67. The van der Waals surface area contributed by atoms with Crippen LogP contribution in [0.5, 0.6) is 0 Å². The average molecular weight is 384 g/mol. The molecule has 2 atom stereocenters. The number of rotatable bonds is 4. The topological polar surface area (TPSA) is 67.9 Å². The zero-order valence-electron chi connectivity index (χ0n) is 16.9. The van der Waals surface area contributed by atoms with E-state index in [1.807, 2.05) is 68.1 Å². The van der Waals surface area contributed by atoms with Gasteiger partial charge in [-0.1, -0.05) is 42.5 Å². The highest BCUT2D eigenvalue weighted by atomic mass is 16.6. The minimum atomic E-state index is -0.601. The van der Waals surface area contributed by atoms with Crippen molar-refractivity contribution in [1.29, 1.82) is 0 Å². The Kier molecular flexibility index (Phi) is 6.01. The van der Waals surface area contributed by atoms with Gasteiger partial charge in [0.15, 0.2) is 0 Å². The number of methoxy groups -OCH3 is 1. The molecule has 2 aromatic carbocycles. The number of fused-ring (bicyclic) bond motifs is 1. The summed E-state index contributed by atoms with van der Waals surface area (Å²) in [5, 5.41) is 5.23. The second kappa shape index (κ2) is 8.29. The molecule has 3 rings (SSSR count). The number of benzene rings is 2. The normalized spacial score (nSPS) is 19.2. The van der Waals surface area contributed by atoms with Gasteiger partial charge in [0, 0.05) is 19.6 Å². The Morgan fingerprint density at radius 3 is 2.57 bits per heavy atom. The van der Waals surface area contributed by atoms with Gasteiger partial charge in [0.25, 0.3) is 0 Å². The number of hydrogen-bond donors (Lipinski definition) is 1. The summed E-state index contributed by atoms with van der Waals surface area (Å²) in [5.74, 6) is -0.639. The number of nitrogens with zero attached hydrogens (tertiary/aromatic N) is 1. The van der Waals surface area contributed by atoms with Crippen LogP contribution in [0.1, 0.15) is 32.4 Å². The summed E-state index contributed by atoms with van der Waals surface area (Å²) in [6.07, 6.45) is 0. The highest BCUT2D eigenvalue weighted by Crippen LogP contribution is 2.31. The van der Waals surface area contributed by atoms with Gasteiger partial charge in [0.2, 0.25) is 0 Å². The summed E-state index contributed by atoms with van der Waals surface area (Å²) in [5.41, 5.74) is 0.285. The molecule has 2 unspecified atom stereocenters. The molecule has 1 saturated heterocycles. The highest BCUT2D eigenvalue weighted by Gasteiger charge is 2.37. The third-order valence-corrected chi connectivity index (χ3v) is 4.81. The fourth-order valence-electron chi connectivity index (χ4n) is 3.63. The van der Waals surface area contributed by atoms with Crippen molar-refractivity contribution in [2.45, 2.75) is 38.5 Å². The SMILES string of the molecule is COC(=O)C1CN(C(C(=O)OC(C)(C)C)c2cccc3ccccc23)CCN1. The lowest BCUT2D eigenvalue weighted by atomic mass is 9.96. The van der Waals surface area contributed by atoms with Crippen LogP contribution in [0.4, 0.5) is 0 Å². The molecular weight excluding hydrogens is 356 g/mol. The molecule has 0 bridgehead atoms. The zero-order chi connectivity index (χ0) is 20.3. The maximum absolute atomic E-state index is 13.2. The molecule has 0 aromatic heterocycles. The molecule has 28 heavy (non-hydrogen) atoms. The lowest BCUT2D eigenvalue weighted by molar-refractivity contribution is -0.163. The molecule has 1 N–H and O–H groups in total. The van der Waals surface area contributed by atoms with Crippen LogP contribution in [-0.4, -0.2) is 55.2 Å². The number of esters is 2. The first kappa shape index (κ1) is 20.3. The average Bonchev–Trinajstić information content (AvgIpc) is 2.66. The number of carbonyl (C=O) groups excluding carboxylic acids is 2. The summed E-state index contributed by atoms with van der Waals surface area (Å²) in [7, 11) is 1.37. The van der Waals surface area contributed by atoms with Crippen molar-refractivity contribution in [2.24, 2.45) is 0 Å². The molecule has 0 amide bonds. The molecule has 1 aliphatic heterocycles. The van der Waals surface area contributed by atoms with E-state index in [2.05, 4.69) is 5.32 Å². The second-order valence-electron chi connectivity index (χ2n) is 8.03. The first-order valence-corrected chi connectivity index (χ1v) is 9.56. The first-order chi connectivity index (χ1) is 13.3. The highest BCUT2D eigenvalue weighted by molar-refractivity contribution is 5.91. The van der Waals surface area contributed by atoms with E-state index in [-0.39, 0.29) is 11.9 Å². The quantitative estimate of drug-likeness (QED) is 0.818. The summed E-state index contributed by atoms with van der Waals surface area (Å²) >= 11 is 0. The summed E-state index contributed by atoms with van der Waals surface area (Å²) < 4.78 is 10.7. The van der Waals surface area contributed by atoms with Crippen LogP contribution in [0.25, 0.3) is 10.8 Å². The van der Waals surface area contributed by atoms with Gasteiger partial charge in [-0.3, -0.25) is 9.69 Å². The minimum Gasteiger partial charge on any atom is -0.468 e. The van der Waals surface area contributed by atoms with E-state index in [9.17, 15) is 9.59 Å². The second-order valence-corrected chi connectivity index (χ2v) is 8.03. The van der Waals surface area contributed by atoms with E-state index in [0.29, 0.717) is 19.6 Å². The summed E-state index contributed by atoms with van der Waals surface area (Å²) in [6.45, 7) is 7.17. The van der Waals surface area contributed by atoms with Gasteiger partial charge in [-0.2, -0.15) is 0 Å². The van der Waals surface area contributed by atoms with Crippen LogP contribution in [0.2, 0.25) is 0 Å². The van der Waals surface area contributed by atoms with Gasteiger partial charge < -0.3 is 14.8 Å². The van der Waals surface area contributed by atoms with Crippen LogP contribution < -0.4 is 5.32 Å². The van der Waals surface area contributed by atoms with Gasteiger partial charge in [-0.05, 0) is 37.1 Å². The lowest BCUT2D eigenvalue weighted by Gasteiger charge is -2.38. The molecule has 1 heterocycles. The van der Waals surface area contributed by atoms with E-state index in [1.165, 1.54) is 7.11 Å². The third kappa shape index (κ3) is 4.51. The van der Waals surface area contributed by atoms with Gasteiger partial charge in [0.1, 0.15) is 17.7 Å². The zero-order valence-corrected chi connectivity index (χ0v) is 16.9. The molecule has 0 saturated carbocycles. The molecule has 0 aliphatic carbocycles. The Morgan fingerprint density at radius 1 is 1.14 bits per heavy atom. The van der Waals surface area contributed by atoms with Crippen molar-refractivity contribution in [1.82, 2.24) is 10.2 Å². The van der Waals surface area contributed by atoms with Crippen LogP contribution in [0.3, 0.4) is 0 Å². The maximum atomic E-state index is 13.2. The van der Waals surface area contributed by atoms with Gasteiger partial charge in [-0.25, -0.2) is 4.79 Å². The van der Waals surface area contributed by atoms with Gasteiger partial charge in [-0.15, -0.1) is 0 Å². The molecule has 0 radical (unpaired) electrons. The smallest absolute Gasteiger partial charge is 0.328 e. The number of hydrogen-bond acceptors (Lipinski definition) is 6. The van der Waals surface area contributed by atoms with Crippen molar-refractivity contribution < 1.29 is 19.1 Å². The molecular formula is C22H28N2O4. The molecule has 0 spiro atoms. The minimum absolute atomic E-state index is 0.311. The third-order valence-electron chi connectivity index (χ3n) is 4.81. The first-order valence-electron chi connectivity index (χ1n) is 9.56. The van der Waals surface area contributed by atoms with E-state index >= 15 is 0 Å². The summed E-state index contributed by atoms with van der Waals surface area (Å²) in [6, 6.07) is 12.9. The number of ether oxygens (including phenoxy) is 2. The lowest BCUT2D eigenvalue weighted by Crippen LogP contribution is -2.56. The number of carbonyl (C=O) groups is 2. The van der Waals surface area contributed by atoms with Crippen molar-refractivity contribution in [3.05, 3.63) is 48.0 Å². The van der Waals surface area contributed by atoms with E-state index < -0.39 is 17.7 Å². The fraction of sp³-hybridized carbons (Fsp3) is 0.455. The van der Waals surface area contributed by atoms with Crippen LogP contribution in [-0.2, 0) is 19.1 Å². The Hall–Kier alpha value is -2.44. The van der Waals surface area contributed by atoms with Crippen molar-refractivity contribution >= 4 is 22.7 Å². The van der Waals surface area contributed by atoms with Crippen LogP contribution >= 0.6 is 0 Å². The Morgan fingerprint density at radius 2 is 1.86 bits per heavy atom. The summed E-state index contributed by atoms with van der Waals surface area (Å²) in [4.78, 5) is 27.3. The van der Waals surface area contributed by atoms with Crippen molar-refractivity contribution in [3.8, 4) is 0 Å². The Bertz CT molecular complexity index is 854. The van der Waals surface area contributed by atoms with E-state index in [4.69, 9.17) is 9.47 Å². The largest absolute Gasteiger partial charge is 0.468 e. The molecule has 1 fully saturated rings. The predicted molar refractivity (Wildman–Crippen MR) is 108 cm³/mol.